The Labute approximate surface area is 125 Å². The zero-order valence-corrected chi connectivity index (χ0v) is 13.8. The van der Waals surface area contributed by atoms with Gasteiger partial charge < -0.3 is 5.32 Å². The topological polar surface area (TPSA) is 58.2 Å². The predicted octanol–water partition coefficient (Wildman–Crippen LogP) is 2.80. The third-order valence-corrected chi connectivity index (χ3v) is 5.58. The van der Waals surface area contributed by atoms with Gasteiger partial charge in [0.15, 0.2) is 0 Å². The molecule has 0 atom stereocenters. The lowest BCUT2D eigenvalue weighted by Gasteiger charge is -2.19. The van der Waals surface area contributed by atoms with Crippen LogP contribution in [0.25, 0.3) is 0 Å². The molecule has 0 bridgehead atoms. The minimum Gasteiger partial charge on any atom is -0.313 e. The fourth-order valence-corrected chi connectivity index (χ4v) is 3.46. The van der Waals surface area contributed by atoms with Crippen molar-refractivity contribution in [2.45, 2.75) is 76.7 Å². The van der Waals surface area contributed by atoms with Crippen LogP contribution in [0.5, 0.6) is 0 Å². The maximum atomic E-state index is 11.4. The van der Waals surface area contributed by atoms with Crippen LogP contribution in [0.1, 0.15) is 70.6 Å². The van der Waals surface area contributed by atoms with Crippen molar-refractivity contribution in [2.75, 3.05) is 19.3 Å². The highest BCUT2D eigenvalue weighted by Crippen LogP contribution is 2.16. The molecule has 0 amide bonds. The van der Waals surface area contributed by atoms with E-state index in [4.69, 9.17) is 0 Å². The first kappa shape index (κ1) is 17.9. The Morgan fingerprint density at radius 2 is 1.30 bits per heavy atom. The van der Waals surface area contributed by atoms with E-state index in [1.165, 1.54) is 77.7 Å². The molecule has 1 aliphatic rings. The first-order chi connectivity index (χ1) is 9.64. The molecule has 0 aliphatic heterocycles. The molecule has 0 spiro atoms. The molecule has 0 aromatic rings. The van der Waals surface area contributed by atoms with Crippen molar-refractivity contribution in [3.8, 4) is 0 Å². The summed E-state index contributed by atoms with van der Waals surface area (Å²) in [5.74, 6) is 0.181. The largest absolute Gasteiger partial charge is 0.313 e. The van der Waals surface area contributed by atoms with Gasteiger partial charge in [-0.2, -0.15) is 0 Å². The molecule has 0 unspecified atom stereocenters. The SMILES string of the molecule is CNS(=O)(=O)CCNC1CCCCCCCCCCC1. The summed E-state index contributed by atoms with van der Waals surface area (Å²) >= 11 is 0. The molecule has 2 N–H and O–H groups in total. The molecule has 1 rings (SSSR count). The highest BCUT2D eigenvalue weighted by molar-refractivity contribution is 7.89. The van der Waals surface area contributed by atoms with Crippen LogP contribution in [0.3, 0.4) is 0 Å². The minimum atomic E-state index is -3.07. The Morgan fingerprint density at radius 3 is 1.75 bits per heavy atom. The first-order valence-corrected chi connectivity index (χ1v) is 9.94. The van der Waals surface area contributed by atoms with Crippen molar-refractivity contribution in [1.29, 1.82) is 0 Å². The highest BCUT2D eigenvalue weighted by Gasteiger charge is 2.11. The van der Waals surface area contributed by atoms with E-state index >= 15 is 0 Å². The Bertz CT molecular complexity index is 319. The maximum absolute atomic E-state index is 11.4. The van der Waals surface area contributed by atoms with Crippen molar-refractivity contribution in [2.24, 2.45) is 0 Å². The second kappa shape index (κ2) is 10.6. The maximum Gasteiger partial charge on any atom is 0.212 e. The third-order valence-electron chi connectivity index (χ3n) is 4.22. The Balaban J connectivity index is 2.27. The molecule has 1 fully saturated rings. The van der Waals surface area contributed by atoms with E-state index in [-0.39, 0.29) is 5.75 Å². The molecule has 4 nitrogen and oxygen atoms in total. The van der Waals surface area contributed by atoms with Gasteiger partial charge in [-0.1, -0.05) is 57.8 Å². The van der Waals surface area contributed by atoms with Gasteiger partial charge in [0.1, 0.15) is 0 Å². The van der Waals surface area contributed by atoms with Gasteiger partial charge in [0.25, 0.3) is 0 Å². The molecule has 5 heteroatoms. The summed E-state index contributed by atoms with van der Waals surface area (Å²) in [5, 5.41) is 3.44. The Hall–Kier alpha value is -0.130. The van der Waals surface area contributed by atoms with E-state index in [0.717, 1.165) is 0 Å². The standard InChI is InChI=1S/C15H32N2O2S/c1-16-20(18,19)14-13-17-15-11-9-7-5-3-2-4-6-8-10-12-15/h15-17H,2-14H2,1H3. The van der Waals surface area contributed by atoms with Crippen molar-refractivity contribution in [3.63, 3.8) is 0 Å². The van der Waals surface area contributed by atoms with E-state index in [1.807, 2.05) is 0 Å². The molecule has 0 aromatic carbocycles. The fourth-order valence-electron chi connectivity index (χ4n) is 2.87. The third kappa shape index (κ3) is 8.93. The zero-order valence-electron chi connectivity index (χ0n) is 13.0. The number of sulfonamides is 1. The van der Waals surface area contributed by atoms with Crippen LogP contribution in [0, 0.1) is 0 Å². The minimum absolute atomic E-state index is 0.181. The van der Waals surface area contributed by atoms with Crippen LogP contribution >= 0.6 is 0 Å². The Kier molecular flexibility index (Phi) is 9.48. The van der Waals surface area contributed by atoms with Crippen LogP contribution in [0.4, 0.5) is 0 Å². The quantitative estimate of drug-likeness (QED) is 0.821. The van der Waals surface area contributed by atoms with E-state index in [0.29, 0.717) is 12.6 Å². The van der Waals surface area contributed by atoms with E-state index < -0.39 is 10.0 Å². The molecular weight excluding hydrogens is 272 g/mol. The lowest BCUT2D eigenvalue weighted by atomic mass is 9.98. The molecule has 0 aromatic heterocycles. The zero-order chi connectivity index (χ0) is 14.7. The molecule has 1 saturated carbocycles. The average Bonchev–Trinajstić information content (AvgIpc) is 2.41. The van der Waals surface area contributed by atoms with Gasteiger partial charge in [-0.3, -0.25) is 0 Å². The van der Waals surface area contributed by atoms with Gasteiger partial charge in [-0.05, 0) is 19.9 Å². The predicted molar refractivity (Wildman–Crippen MR) is 85.4 cm³/mol. The summed E-state index contributed by atoms with van der Waals surface area (Å²) in [4.78, 5) is 0. The van der Waals surface area contributed by atoms with Crippen molar-refractivity contribution in [3.05, 3.63) is 0 Å². The van der Waals surface area contributed by atoms with Gasteiger partial charge >= 0.3 is 0 Å². The highest BCUT2D eigenvalue weighted by atomic mass is 32.2. The van der Waals surface area contributed by atoms with Gasteiger partial charge in [-0.15, -0.1) is 0 Å². The summed E-state index contributed by atoms with van der Waals surface area (Å²) in [6.07, 6.45) is 14.5. The summed E-state index contributed by atoms with van der Waals surface area (Å²) in [5.41, 5.74) is 0. The van der Waals surface area contributed by atoms with Gasteiger partial charge in [0, 0.05) is 12.6 Å². The number of rotatable bonds is 5. The lowest BCUT2D eigenvalue weighted by molar-refractivity contribution is 0.411. The summed E-state index contributed by atoms with van der Waals surface area (Å²) < 4.78 is 25.2. The normalized spacial score (nSPS) is 21.1. The van der Waals surface area contributed by atoms with Crippen LogP contribution in [0.15, 0.2) is 0 Å². The summed E-state index contributed by atoms with van der Waals surface area (Å²) in [6.45, 7) is 0.563. The summed E-state index contributed by atoms with van der Waals surface area (Å²) in [7, 11) is -1.60. The second-order valence-electron chi connectivity index (χ2n) is 5.93. The van der Waals surface area contributed by atoms with Crippen molar-refractivity contribution >= 4 is 10.0 Å². The summed E-state index contributed by atoms with van der Waals surface area (Å²) in [6, 6.07) is 0.501. The second-order valence-corrected chi connectivity index (χ2v) is 7.98. The van der Waals surface area contributed by atoms with E-state index in [2.05, 4.69) is 10.0 Å². The molecule has 120 valence electrons. The van der Waals surface area contributed by atoms with E-state index in [1.54, 1.807) is 0 Å². The van der Waals surface area contributed by atoms with Gasteiger partial charge in [0.05, 0.1) is 5.75 Å². The number of hydrogen-bond donors (Lipinski definition) is 2. The molecule has 0 saturated heterocycles. The van der Waals surface area contributed by atoms with Crippen molar-refractivity contribution in [1.82, 2.24) is 10.0 Å². The fraction of sp³-hybridized carbons (Fsp3) is 1.00. The van der Waals surface area contributed by atoms with Gasteiger partial charge in [0.2, 0.25) is 10.0 Å². The molecular formula is C15H32N2O2S. The molecule has 0 radical (unpaired) electrons. The lowest BCUT2D eigenvalue weighted by Crippen LogP contribution is -2.35. The first-order valence-electron chi connectivity index (χ1n) is 8.28. The number of hydrogen-bond acceptors (Lipinski definition) is 3. The molecule has 0 heterocycles. The van der Waals surface area contributed by atoms with Crippen LogP contribution in [0.2, 0.25) is 0 Å². The molecule has 1 aliphatic carbocycles. The van der Waals surface area contributed by atoms with E-state index in [9.17, 15) is 8.42 Å². The van der Waals surface area contributed by atoms with Crippen molar-refractivity contribution < 1.29 is 8.42 Å². The van der Waals surface area contributed by atoms with Crippen LogP contribution < -0.4 is 10.0 Å². The smallest absolute Gasteiger partial charge is 0.212 e. The van der Waals surface area contributed by atoms with Gasteiger partial charge in [-0.25, -0.2) is 13.1 Å². The van der Waals surface area contributed by atoms with Crippen LogP contribution in [-0.4, -0.2) is 33.8 Å². The van der Waals surface area contributed by atoms with Crippen LogP contribution in [-0.2, 0) is 10.0 Å². The number of nitrogens with one attached hydrogen (secondary N) is 2. The average molecular weight is 305 g/mol. The molecule has 20 heavy (non-hydrogen) atoms. The Morgan fingerprint density at radius 1 is 0.850 bits per heavy atom. The monoisotopic (exact) mass is 304 g/mol.